The molecule has 0 bridgehead atoms. The molecule has 1 fully saturated rings. The Morgan fingerprint density at radius 3 is 2.52 bits per heavy atom. The summed E-state index contributed by atoms with van der Waals surface area (Å²) < 4.78 is 5.13. The first-order valence-electron chi connectivity index (χ1n) is 10.5. The molecule has 10 heteroatoms. The van der Waals surface area contributed by atoms with E-state index < -0.39 is 0 Å². The molecular formula is C23H25N5O3S2. The molecule has 172 valence electrons. The van der Waals surface area contributed by atoms with Crippen LogP contribution >= 0.6 is 23.1 Å². The second-order valence-electron chi connectivity index (χ2n) is 7.55. The van der Waals surface area contributed by atoms with E-state index in [-0.39, 0.29) is 17.9 Å². The van der Waals surface area contributed by atoms with Crippen LogP contribution in [0.5, 0.6) is 5.75 Å². The zero-order valence-electron chi connectivity index (χ0n) is 18.4. The van der Waals surface area contributed by atoms with Crippen LogP contribution in [0.2, 0.25) is 0 Å². The maximum Gasteiger partial charge on any atom is 0.321 e. The summed E-state index contributed by atoms with van der Waals surface area (Å²) in [5, 5.41) is 15.3. The van der Waals surface area contributed by atoms with Gasteiger partial charge in [-0.2, -0.15) is 0 Å². The molecule has 1 aliphatic rings. The molecule has 1 aliphatic heterocycles. The minimum Gasteiger partial charge on any atom is -0.497 e. The van der Waals surface area contributed by atoms with Crippen LogP contribution < -0.4 is 15.4 Å². The Morgan fingerprint density at radius 1 is 1.06 bits per heavy atom. The molecule has 0 atom stereocenters. The van der Waals surface area contributed by atoms with Gasteiger partial charge in [-0.05, 0) is 61.6 Å². The number of nitrogens with zero attached hydrogens (tertiary/aromatic N) is 3. The van der Waals surface area contributed by atoms with Crippen molar-refractivity contribution >= 4 is 46.4 Å². The van der Waals surface area contributed by atoms with E-state index in [4.69, 9.17) is 4.74 Å². The number of hydrogen-bond acceptors (Lipinski definition) is 7. The molecule has 0 saturated carbocycles. The lowest BCUT2D eigenvalue weighted by atomic mass is 9.98. The lowest BCUT2D eigenvalue weighted by molar-refractivity contribution is 0.102. The van der Waals surface area contributed by atoms with E-state index in [0.29, 0.717) is 23.8 Å². The molecule has 2 N–H and O–H groups in total. The number of carbonyl (C=O) groups excluding carboxylic acids is 2. The second kappa shape index (κ2) is 10.7. The van der Waals surface area contributed by atoms with Gasteiger partial charge in [0.2, 0.25) is 5.01 Å². The summed E-state index contributed by atoms with van der Waals surface area (Å²) in [5.74, 6) is 0.627. The van der Waals surface area contributed by atoms with Gasteiger partial charge in [0, 0.05) is 35.3 Å². The third-order valence-electron chi connectivity index (χ3n) is 5.44. The Kier molecular flexibility index (Phi) is 7.46. The molecule has 0 spiro atoms. The molecule has 1 aromatic heterocycles. The number of urea groups is 1. The van der Waals surface area contributed by atoms with Gasteiger partial charge < -0.3 is 20.3 Å². The first-order chi connectivity index (χ1) is 16.1. The molecular weight excluding hydrogens is 458 g/mol. The molecule has 3 aromatic rings. The van der Waals surface area contributed by atoms with Gasteiger partial charge in [-0.3, -0.25) is 4.79 Å². The number of likely N-dealkylation sites (tertiary alicyclic amines) is 1. The maximum atomic E-state index is 12.6. The standard InChI is InChI=1S/C23H25N5O3S2/c1-31-18-8-6-16(7-9-18)24-20(29)22-27-26-21(33-22)15-10-12-28(13-11-15)23(30)25-17-4-3-5-19(14-17)32-2/h3-9,14-15H,10-13H2,1-2H3,(H,24,29)(H,25,30). The van der Waals surface area contributed by atoms with Crippen LogP contribution in [0.4, 0.5) is 16.2 Å². The highest BCUT2D eigenvalue weighted by Gasteiger charge is 2.27. The topological polar surface area (TPSA) is 96.4 Å². The number of amides is 3. The highest BCUT2D eigenvalue weighted by Crippen LogP contribution is 2.31. The zero-order valence-corrected chi connectivity index (χ0v) is 20.0. The number of piperidine rings is 1. The van der Waals surface area contributed by atoms with Crippen LogP contribution in [-0.2, 0) is 0 Å². The molecule has 0 radical (unpaired) electrons. The average molecular weight is 484 g/mol. The zero-order chi connectivity index (χ0) is 23.2. The van der Waals surface area contributed by atoms with Crippen molar-refractivity contribution < 1.29 is 14.3 Å². The summed E-state index contributed by atoms with van der Waals surface area (Å²) in [6.07, 6.45) is 3.58. The largest absolute Gasteiger partial charge is 0.497 e. The van der Waals surface area contributed by atoms with Crippen LogP contribution in [-0.4, -0.2) is 53.5 Å². The van der Waals surface area contributed by atoms with Crippen LogP contribution in [0.25, 0.3) is 0 Å². The van der Waals surface area contributed by atoms with E-state index in [1.165, 1.54) is 11.3 Å². The third kappa shape index (κ3) is 5.82. The SMILES string of the molecule is COc1ccc(NC(=O)c2nnc(C3CCN(C(=O)Nc4cccc(SC)c4)CC3)s2)cc1. The van der Waals surface area contributed by atoms with Crippen molar-refractivity contribution in [3.05, 3.63) is 58.5 Å². The molecule has 0 aliphatic carbocycles. The number of thioether (sulfide) groups is 1. The van der Waals surface area contributed by atoms with Crippen molar-refractivity contribution in [1.82, 2.24) is 15.1 Å². The van der Waals surface area contributed by atoms with Crippen LogP contribution in [0.1, 0.15) is 33.6 Å². The number of rotatable bonds is 6. The fourth-order valence-corrected chi connectivity index (χ4v) is 4.95. The number of ether oxygens (including phenoxy) is 1. The third-order valence-corrected chi connectivity index (χ3v) is 7.25. The normalized spacial score (nSPS) is 14.1. The number of nitrogens with one attached hydrogen (secondary N) is 2. The van der Waals surface area contributed by atoms with Crippen LogP contribution in [0.3, 0.4) is 0 Å². The highest BCUT2D eigenvalue weighted by atomic mass is 32.2. The van der Waals surface area contributed by atoms with E-state index in [1.54, 1.807) is 43.1 Å². The first kappa shape index (κ1) is 23.1. The second-order valence-corrected chi connectivity index (χ2v) is 9.44. The average Bonchev–Trinajstić information content (AvgIpc) is 3.35. The van der Waals surface area contributed by atoms with Gasteiger partial charge in [-0.15, -0.1) is 22.0 Å². The quantitative estimate of drug-likeness (QED) is 0.483. The number of hydrogen-bond donors (Lipinski definition) is 2. The van der Waals surface area contributed by atoms with E-state index in [1.807, 2.05) is 35.4 Å². The predicted octanol–water partition coefficient (Wildman–Crippen LogP) is 4.93. The maximum absolute atomic E-state index is 12.6. The lowest BCUT2D eigenvalue weighted by Gasteiger charge is -2.31. The number of aromatic nitrogens is 2. The molecule has 0 unspecified atom stereocenters. The van der Waals surface area contributed by atoms with Crippen molar-refractivity contribution in [2.24, 2.45) is 0 Å². The van der Waals surface area contributed by atoms with E-state index in [0.717, 1.165) is 34.2 Å². The van der Waals surface area contributed by atoms with Gasteiger partial charge in [0.05, 0.1) is 7.11 Å². The van der Waals surface area contributed by atoms with E-state index in [2.05, 4.69) is 20.8 Å². The summed E-state index contributed by atoms with van der Waals surface area (Å²) in [7, 11) is 1.60. The summed E-state index contributed by atoms with van der Waals surface area (Å²) in [4.78, 5) is 28.1. The van der Waals surface area contributed by atoms with Gasteiger partial charge >= 0.3 is 6.03 Å². The summed E-state index contributed by atoms with van der Waals surface area (Å²) in [6.45, 7) is 1.26. The minimum absolute atomic E-state index is 0.0940. The van der Waals surface area contributed by atoms with E-state index in [9.17, 15) is 9.59 Å². The van der Waals surface area contributed by atoms with Crippen molar-refractivity contribution in [3.8, 4) is 5.75 Å². The predicted molar refractivity (Wildman–Crippen MR) is 132 cm³/mol. The molecule has 4 rings (SSSR count). The van der Waals surface area contributed by atoms with Gasteiger partial charge in [0.15, 0.2) is 0 Å². The Hall–Kier alpha value is -3.11. The number of benzene rings is 2. The fourth-order valence-electron chi connectivity index (χ4n) is 3.58. The van der Waals surface area contributed by atoms with Gasteiger partial charge in [-0.1, -0.05) is 17.4 Å². The van der Waals surface area contributed by atoms with Crippen molar-refractivity contribution in [1.29, 1.82) is 0 Å². The number of methoxy groups -OCH3 is 1. The molecule has 8 nitrogen and oxygen atoms in total. The molecule has 3 amide bonds. The van der Waals surface area contributed by atoms with E-state index >= 15 is 0 Å². The molecule has 2 aromatic carbocycles. The smallest absolute Gasteiger partial charge is 0.321 e. The van der Waals surface area contributed by atoms with Gasteiger partial charge in [0.1, 0.15) is 10.8 Å². The van der Waals surface area contributed by atoms with Gasteiger partial charge in [-0.25, -0.2) is 4.79 Å². The highest BCUT2D eigenvalue weighted by molar-refractivity contribution is 7.98. The molecule has 1 saturated heterocycles. The monoisotopic (exact) mass is 483 g/mol. The minimum atomic E-state index is -0.284. The Labute approximate surface area is 200 Å². The Balaban J connectivity index is 1.30. The summed E-state index contributed by atoms with van der Waals surface area (Å²) in [6, 6.07) is 14.8. The Bertz CT molecular complexity index is 1110. The summed E-state index contributed by atoms with van der Waals surface area (Å²) in [5.41, 5.74) is 1.46. The van der Waals surface area contributed by atoms with Gasteiger partial charge in [0.25, 0.3) is 5.91 Å². The molecule has 2 heterocycles. The number of anilines is 2. The fraction of sp³-hybridized carbons (Fsp3) is 0.304. The lowest BCUT2D eigenvalue weighted by Crippen LogP contribution is -2.40. The van der Waals surface area contributed by atoms with Crippen molar-refractivity contribution in [2.45, 2.75) is 23.7 Å². The first-order valence-corrected chi connectivity index (χ1v) is 12.6. The van der Waals surface area contributed by atoms with Crippen molar-refractivity contribution in [2.75, 3.05) is 37.1 Å². The number of carbonyl (C=O) groups is 2. The van der Waals surface area contributed by atoms with Crippen LogP contribution in [0, 0.1) is 0 Å². The Morgan fingerprint density at radius 2 is 1.82 bits per heavy atom. The van der Waals surface area contributed by atoms with Crippen molar-refractivity contribution in [3.63, 3.8) is 0 Å². The summed E-state index contributed by atoms with van der Waals surface area (Å²) >= 11 is 2.95. The molecule has 33 heavy (non-hydrogen) atoms. The van der Waals surface area contributed by atoms with Crippen LogP contribution in [0.15, 0.2) is 53.4 Å².